The number of likely N-dealkylation sites (tertiary alicyclic amines) is 1. The van der Waals surface area contributed by atoms with Gasteiger partial charge in [0.05, 0.1) is 5.92 Å². The minimum atomic E-state index is -0.887. The number of carbonyl (C=O) groups excluding carboxylic acids is 2. The Morgan fingerprint density at radius 2 is 2.05 bits per heavy atom. The number of hydrogen-bond donors (Lipinski definition) is 3. The fourth-order valence-electron chi connectivity index (χ4n) is 2.29. The van der Waals surface area contributed by atoms with Gasteiger partial charge >= 0.3 is 12.0 Å². The predicted molar refractivity (Wildman–Crippen MR) is 73.2 cm³/mol. The van der Waals surface area contributed by atoms with Crippen LogP contribution in [0.25, 0.3) is 0 Å². The maximum absolute atomic E-state index is 12.1. The lowest BCUT2D eigenvalue weighted by Crippen LogP contribution is -2.51. The van der Waals surface area contributed by atoms with Gasteiger partial charge in [-0.3, -0.25) is 9.59 Å². The monoisotopic (exact) mass is 285 g/mol. The summed E-state index contributed by atoms with van der Waals surface area (Å²) in [6.45, 7) is 6.24. The minimum absolute atomic E-state index is 0.234. The molecule has 0 aromatic carbocycles. The van der Waals surface area contributed by atoms with Crippen molar-refractivity contribution >= 4 is 17.9 Å². The molecule has 3 amide bonds. The van der Waals surface area contributed by atoms with E-state index in [0.29, 0.717) is 19.5 Å². The molecule has 20 heavy (non-hydrogen) atoms. The third kappa shape index (κ3) is 3.85. The molecule has 3 atom stereocenters. The van der Waals surface area contributed by atoms with E-state index in [1.165, 1.54) is 4.90 Å². The Kier molecular flexibility index (Phi) is 5.79. The van der Waals surface area contributed by atoms with Gasteiger partial charge in [-0.05, 0) is 26.7 Å². The standard InChI is InChI=1S/C13H23N3O4/c1-4-6-14-11(17)8(2)15-13(20)16-7-5-10(9(16)3)12(18)19/h8-10H,4-7H2,1-3H3,(H,14,17)(H,15,20)(H,18,19). The van der Waals surface area contributed by atoms with Crippen LogP contribution >= 0.6 is 0 Å². The van der Waals surface area contributed by atoms with Crippen LogP contribution in [0.3, 0.4) is 0 Å². The van der Waals surface area contributed by atoms with Crippen molar-refractivity contribution in [1.29, 1.82) is 0 Å². The number of urea groups is 1. The highest BCUT2D eigenvalue weighted by Crippen LogP contribution is 2.24. The van der Waals surface area contributed by atoms with Crippen LogP contribution in [0.1, 0.15) is 33.6 Å². The Morgan fingerprint density at radius 3 is 2.55 bits per heavy atom. The molecule has 1 rings (SSSR count). The molecular weight excluding hydrogens is 262 g/mol. The molecule has 0 saturated carbocycles. The molecule has 0 spiro atoms. The van der Waals surface area contributed by atoms with Crippen molar-refractivity contribution in [3.8, 4) is 0 Å². The summed E-state index contributed by atoms with van der Waals surface area (Å²) in [4.78, 5) is 36.2. The van der Waals surface area contributed by atoms with Crippen LogP contribution in [-0.2, 0) is 9.59 Å². The SMILES string of the molecule is CCCNC(=O)C(C)NC(=O)N1CCC(C(=O)O)C1C. The molecule has 114 valence electrons. The normalized spacial score (nSPS) is 23.2. The minimum Gasteiger partial charge on any atom is -0.481 e. The Balaban J connectivity index is 2.51. The van der Waals surface area contributed by atoms with Crippen molar-refractivity contribution < 1.29 is 19.5 Å². The quantitative estimate of drug-likeness (QED) is 0.681. The number of aliphatic carboxylic acids is 1. The molecule has 7 nitrogen and oxygen atoms in total. The van der Waals surface area contributed by atoms with Crippen molar-refractivity contribution in [2.24, 2.45) is 5.92 Å². The third-order valence-electron chi connectivity index (χ3n) is 3.62. The number of nitrogens with one attached hydrogen (secondary N) is 2. The van der Waals surface area contributed by atoms with E-state index in [-0.39, 0.29) is 18.0 Å². The van der Waals surface area contributed by atoms with E-state index >= 15 is 0 Å². The summed E-state index contributed by atoms with van der Waals surface area (Å²) in [7, 11) is 0. The molecule has 0 aliphatic carbocycles. The number of carbonyl (C=O) groups is 3. The summed E-state index contributed by atoms with van der Waals surface area (Å²) < 4.78 is 0. The second kappa shape index (κ2) is 7.12. The molecular formula is C13H23N3O4. The van der Waals surface area contributed by atoms with Gasteiger partial charge in [0.25, 0.3) is 0 Å². The topological polar surface area (TPSA) is 98.7 Å². The molecule has 1 fully saturated rings. The summed E-state index contributed by atoms with van der Waals surface area (Å²) in [5, 5.41) is 14.3. The van der Waals surface area contributed by atoms with E-state index in [1.807, 2.05) is 6.92 Å². The number of carboxylic acids is 1. The number of nitrogens with zero attached hydrogens (tertiary/aromatic N) is 1. The van der Waals surface area contributed by atoms with E-state index in [4.69, 9.17) is 5.11 Å². The second-order valence-electron chi connectivity index (χ2n) is 5.13. The Labute approximate surface area is 118 Å². The lowest BCUT2D eigenvalue weighted by molar-refractivity contribution is -0.142. The van der Waals surface area contributed by atoms with E-state index < -0.39 is 17.9 Å². The second-order valence-corrected chi connectivity index (χ2v) is 5.13. The largest absolute Gasteiger partial charge is 0.481 e. The van der Waals surface area contributed by atoms with Crippen LogP contribution in [0.4, 0.5) is 4.79 Å². The van der Waals surface area contributed by atoms with Crippen LogP contribution in [0.2, 0.25) is 0 Å². The summed E-state index contributed by atoms with van der Waals surface area (Å²) in [6, 6.07) is -1.39. The first-order chi connectivity index (χ1) is 9.38. The highest BCUT2D eigenvalue weighted by molar-refractivity contribution is 5.87. The van der Waals surface area contributed by atoms with Crippen LogP contribution in [0.15, 0.2) is 0 Å². The number of carboxylic acid groups (broad SMARTS) is 1. The Morgan fingerprint density at radius 1 is 1.40 bits per heavy atom. The van der Waals surface area contributed by atoms with Crippen molar-refractivity contribution in [3.05, 3.63) is 0 Å². The lowest BCUT2D eigenvalue weighted by Gasteiger charge is -2.25. The predicted octanol–water partition coefficient (Wildman–Crippen LogP) is 0.406. The summed E-state index contributed by atoms with van der Waals surface area (Å²) in [5.41, 5.74) is 0. The maximum atomic E-state index is 12.1. The molecule has 1 heterocycles. The van der Waals surface area contributed by atoms with Crippen LogP contribution in [0.5, 0.6) is 0 Å². The van der Waals surface area contributed by atoms with Crippen molar-refractivity contribution in [2.45, 2.75) is 45.7 Å². The molecule has 1 aliphatic heterocycles. The molecule has 0 aromatic heterocycles. The van der Waals surface area contributed by atoms with Crippen molar-refractivity contribution in [3.63, 3.8) is 0 Å². The van der Waals surface area contributed by atoms with E-state index in [9.17, 15) is 14.4 Å². The fraction of sp³-hybridized carbons (Fsp3) is 0.769. The van der Waals surface area contributed by atoms with Crippen molar-refractivity contribution in [1.82, 2.24) is 15.5 Å². The van der Waals surface area contributed by atoms with Gasteiger partial charge in [-0.15, -0.1) is 0 Å². The van der Waals surface area contributed by atoms with Gasteiger partial charge in [0, 0.05) is 19.1 Å². The first-order valence-electron chi connectivity index (χ1n) is 6.96. The van der Waals surface area contributed by atoms with Gasteiger partial charge in [0.1, 0.15) is 6.04 Å². The van der Waals surface area contributed by atoms with Gasteiger partial charge in [-0.2, -0.15) is 0 Å². The third-order valence-corrected chi connectivity index (χ3v) is 3.62. The molecule has 0 radical (unpaired) electrons. The van der Waals surface area contributed by atoms with E-state index in [0.717, 1.165) is 6.42 Å². The summed E-state index contributed by atoms with van der Waals surface area (Å²) in [5.74, 6) is -1.66. The molecule has 0 bridgehead atoms. The Bertz CT molecular complexity index is 386. The molecule has 7 heteroatoms. The first-order valence-corrected chi connectivity index (χ1v) is 6.96. The van der Waals surface area contributed by atoms with Crippen LogP contribution in [-0.4, -0.2) is 53.1 Å². The highest BCUT2D eigenvalue weighted by atomic mass is 16.4. The van der Waals surface area contributed by atoms with Gasteiger partial charge in [-0.1, -0.05) is 6.92 Å². The Hall–Kier alpha value is -1.79. The number of rotatable bonds is 5. The molecule has 0 aromatic rings. The van der Waals surface area contributed by atoms with Crippen LogP contribution in [0, 0.1) is 5.92 Å². The average Bonchev–Trinajstić information content (AvgIpc) is 2.77. The first kappa shape index (κ1) is 16.3. The fourth-order valence-corrected chi connectivity index (χ4v) is 2.29. The van der Waals surface area contributed by atoms with Crippen LogP contribution < -0.4 is 10.6 Å². The summed E-state index contributed by atoms with van der Waals surface area (Å²) in [6.07, 6.45) is 1.27. The highest BCUT2D eigenvalue weighted by Gasteiger charge is 2.38. The zero-order valence-electron chi connectivity index (χ0n) is 12.2. The molecule has 1 aliphatic rings. The van der Waals surface area contributed by atoms with E-state index in [1.54, 1.807) is 13.8 Å². The van der Waals surface area contributed by atoms with Gasteiger partial charge in [0.2, 0.25) is 5.91 Å². The van der Waals surface area contributed by atoms with Gasteiger partial charge < -0.3 is 20.6 Å². The zero-order chi connectivity index (χ0) is 15.3. The number of hydrogen-bond acceptors (Lipinski definition) is 3. The molecule has 3 unspecified atom stereocenters. The number of amides is 3. The summed E-state index contributed by atoms with van der Waals surface area (Å²) >= 11 is 0. The zero-order valence-corrected chi connectivity index (χ0v) is 12.2. The average molecular weight is 285 g/mol. The molecule has 3 N–H and O–H groups in total. The molecule has 1 saturated heterocycles. The maximum Gasteiger partial charge on any atom is 0.318 e. The smallest absolute Gasteiger partial charge is 0.318 e. The van der Waals surface area contributed by atoms with Gasteiger partial charge in [-0.25, -0.2) is 4.79 Å². The van der Waals surface area contributed by atoms with Crippen molar-refractivity contribution in [2.75, 3.05) is 13.1 Å². The van der Waals surface area contributed by atoms with E-state index in [2.05, 4.69) is 10.6 Å². The van der Waals surface area contributed by atoms with Gasteiger partial charge in [0.15, 0.2) is 0 Å². The lowest BCUT2D eigenvalue weighted by atomic mass is 10.0.